The van der Waals surface area contributed by atoms with E-state index in [4.69, 9.17) is 21.2 Å². The van der Waals surface area contributed by atoms with Crippen LogP contribution in [0.15, 0.2) is 35.4 Å². The first-order valence-corrected chi connectivity index (χ1v) is 12.6. The first-order valence-electron chi connectivity index (χ1n) is 11.7. The normalized spacial score (nSPS) is 20.1. The largest absolute Gasteiger partial charge is 0.368 e. The van der Waals surface area contributed by atoms with Crippen molar-refractivity contribution >= 4 is 29.4 Å². The maximum Gasteiger partial charge on any atom is 0.253 e. The predicted molar refractivity (Wildman–Crippen MR) is 134 cm³/mol. The molecule has 3 unspecified atom stereocenters. The van der Waals surface area contributed by atoms with Crippen molar-refractivity contribution in [2.45, 2.75) is 35.8 Å². The van der Waals surface area contributed by atoms with Gasteiger partial charge in [-0.3, -0.25) is 9.59 Å². The van der Waals surface area contributed by atoms with Crippen LogP contribution in [0, 0.1) is 22.7 Å². The molecule has 4 rings (SSSR count). The lowest BCUT2D eigenvalue weighted by Gasteiger charge is -2.41. The number of pyridine rings is 1. The molecule has 10 nitrogen and oxygen atoms in total. The van der Waals surface area contributed by atoms with Crippen molar-refractivity contribution in [3.8, 4) is 12.1 Å². The van der Waals surface area contributed by atoms with E-state index in [0.29, 0.717) is 66.7 Å². The van der Waals surface area contributed by atoms with Gasteiger partial charge in [-0.2, -0.15) is 10.5 Å². The average Bonchev–Trinajstić information content (AvgIpc) is 2.90. The molecule has 3 heterocycles. The number of thioether (sulfide) groups is 1. The van der Waals surface area contributed by atoms with Crippen LogP contribution in [-0.2, 0) is 20.7 Å². The highest BCUT2D eigenvalue weighted by molar-refractivity contribution is 8.00. The molecule has 2 aliphatic rings. The average molecular weight is 506 g/mol. The molecule has 2 fully saturated rings. The molecule has 0 aliphatic carbocycles. The van der Waals surface area contributed by atoms with E-state index in [1.54, 1.807) is 17.0 Å². The van der Waals surface area contributed by atoms with Gasteiger partial charge in [0, 0.05) is 26.2 Å². The highest BCUT2D eigenvalue weighted by Crippen LogP contribution is 2.39. The topological polar surface area (TPSA) is 162 Å². The van der Waals surface area contributed by atoms with Crippen LogP contribution < -0.4 is 16.4 Å². The number of nitrogens with two attached hydrogens (primary N) is 2. The predicted octanol–water partition coefficient (Wildman–Crippen LogP) is 1.08. The number of hydrogen-bond donors (Lipinski definition) is 2. The van der Waals surface area contributed by atoms with Crippen LogP contribution in [0.25, 0.3) is 0 Å². The van der Waals surface area contributed by atoms with Gasteiger partial charge in [0.05, 0.1) is 23.8 Å². The molecule has 0 bridgehead atoms. The lowest BCUT2D eigenvalue weighted by atomic mass is 10.0. The molecule has 36 heavy (non-hydrogen) atoms. The summed E-state index contributed by atoms with van der Waals surface area (Å²) in [6, 6.07) is 13.2. The van der Waals surface area contributed by atoms with Gasteiger partial charge in [0.2, 0.25) is 5.91 Å². The van der Waals surface area contributed by atoms with Crippen molar-refractivity contribution in [1.29, 1.82) is 10.5 Å². The highest BCUT2D eigenvalue weighted by atomic mass is 32.2. The first kappa shape index (κ1) is 25.5. The lowest BCUT2D eigenvalue weighted by Crippen LogP contribution is -2.61. The Balaban J connectivity index is 1.65. The Hall–Kier alpha value is -3.64. The van der Waals surface area contributed by atoms with Crippen molar-refractivity contribution in [2.75, 3.05) is 37.7 Å². The van der Waals surface area contributed by atoms with E-state index >= 15 is 0 Å². The zero-order valence-electron chi connectivity index (χ0n) is 19.9. The number of piperazine rings is 1. The van der Waals surface area contributed by atoms with Crippen molar-refractivity contribution < 1.29 is 14.3 Å². The minimum absolute atomic E-state index is 0.126. The Morgan fingerprint density at radius 3 is 2.33 bits per heavy atom. The van der Waals surface area contributed by atoms with Gasteiger partial charge >= 0.3 is 0 Å². The second-order valence-corrected chi connectivity index (χ2v) is 9.68. The molecule has 2 amide bonds. The van der Waals surface area contributed by atoms with Gasteiger partial charge in [-0.25, -0.2) is 4.98 Å². The molecule has 4 N–H and O–H groups in total. The number of nitriles is 2. The molecule has 2 aliphatic heterocycles. The van der Waals surface area contributed by atoms with E-state index in [0.717, 1.165) is 11.8 Å². The SMILES string of the molecule is CCc1c(C#N)c(SC(C(N)=O)c2ccccc2)nc(N2CCN(C(=O)C3OCC3N)CC2)c1C#N. The fraction of sp³-hybridized carbons (Fsp3) is 0.400. The van der Waals surface area contributed by atoms with E-state index in [9.17, 15) is 20.1 Å². The number of primary amides is 1. The van der Waals surface area contributed by atoms with Gasteiger partial charge in [0.15, 0.2) is 6.10 Å². The second-order valence-electron chi connectivity index (χ2n) is 8.59. The number of nitrogens with zero attached hydrogens (tertiary/aromatic N) is 5. The van der Waals surface area contributed by atoms with Gasteiger partial charge in [-0.05, 0) is 17.5 Å². The minimum atomic E-state index is -0.752. The van der Waals surface area contributed by atoms with Crippen LogP contribution in [-0.4, -0.2) is 66.6 Å². The Bertz CT molecular complexity index is 1230. The minimum Gasteiger partial charge on any atom is -0.368 e. The first-order chi connectivity index (χ1) is 17.4. The van der Waals surface area contributed by atoms with E-state index < -0.39 is 17.3 Å². The van der Waals surface area contributed by atoms with Crippen molar-refractivity contribution in [3.63, 3.8) is 0 Å². The second kappa shape index (κ2) is 11.0. The van der Waals surface area contributed by atoms with Gasteiger partial charge in [0.25, 0.3) is 5.91 Å². The third-order valence-electron chi connectivity index (χ3n) is 6.41. The van der Waals surface area contributed by atoms with Gasteiger partial charge in [-0.1, -0.05) is 49.0 Å². The van der Waals surface area contributed by atoms with E-state index in [2.05, 4.69) is 12.1 Å². The molecule has 186 valence electrons. The fourth-order valence-electron chi connectivity index (χ4n) is 4.40. The van der Waals surface area contributed by atoms with E-state index in [-0.39, 0.29) is 17.5 Å². The molecule has 11 heteroatoms. The van der Waals surface area contributed by atoms with Crippen molar-refractivity contribution in [2.24, 2.45) is 11.5 Å². The number of carbonyl (C=O) groups excluding carboxylic acids is 2. The zero-order valence-corrected chi connectivity index (χ0v) is 20.7. The summed E-state index contributed by atoms with van der Waals surface area (Å²) in [6.07, 6.45) is -0.158. The maximum absolute atomic E-state index is 12.7. The van der Waals surface area contributed by atoms with Crippen LogP contribution in [0.4, 0.5) is 5.82 Å². The molecule has 0 spiro atoms. The fourth-order valence-corrected chi connectivity index (χ4v) is 5.46. The molecule has 2 aromatic rings. The summed E-state index contributed by atoms with van der Waals surface area (Å²) in [5.74, 6) is -0.237. The number of ether oxygens (including phenoxy) is 1. The van der Waals surface area contributed by atoms with Gasteiger partial charge in [-0.15, -0.1) is 0 Å². The summed E-state index contributed by atoms with van der Waals surface area (Å²) in [5, 5.41) is 19.6. The van der Waals surface area contributed by atoms with Crippen LogP contribution in [0.1, 0.15) is 34.4 Å². The maximum atomic E-state index is 12.7. The number of carbonyl (C=O) groups is 2. The number of hydrogen-bond acceptors (Lipinski definition) is 9. The summed E-state index contributed by atoms with van der Waals surface area (Å²) < 4.78 is 5.31. The summed E-state index contributed by atoms with van der Waals surface area (Å²) in [7, 11) is 0. The molecule has 2 saturated heterocycles. The molecule has 0 radical (unpaired) electrons. The lowest BCUT2D eigenvalue weighted by molar-refractivity contribution is -0.160. The molecule has 1 aromatic carbocycles. The van der Waals surface area contributed by atoms with Crippen LogP contribution in [0.2, 0.25) is 0 Å². The van der Waals surface area contributed by atoms with Crippen molar-refractivity contribution in [1.82, 2.24) is 9.88 Å². The van der Waals surface area contributed by atoms with Gasteiger partial charge < -0.3 is 26.0 Å². The van der Waals surface area contributed by atoms with Crippen LogP contribution in [0.5, 0.6) is 0 Å². The smallest absolute Gasteiger partial charge is 0.253 e. The summed E-state index contributed by atoms with van der Waals surface area (Å²) >= 11 is 1.11. The van der Waals surface area contributed by atoms with Crippen LogP contribution in [0.3, 0.4) is 0 Å². The Morgan fingerprint density at radius 2 is 1.83 bits per heavy atom. The van der Waals surface area contributed by atoms with E-state index in [1.807, 2.05) is 30.0 Å². The zero-order chi connectivity index (χ0) is 25.8. The number of rotatable bonds is 7. The summed E-state index contributed by atoms with van der Waals surface area (Å²) in [4.78, 5) is 33.4. The Labute approximate surface area is 213 Å². The number of aromatic nitrogens is 1. The number of amides is 2. The molecule has 0 saturated carbocycles. The highest BCUT2D eigenvalue weighted by Gasteiger charge is 2.39. The molecule has 3 atom stereocenters. The molecular formula is C25H27N7O3S. The summed E-state index contributed by atoms with van der Waals surface area (Å²) in [6.45, 7) is 4.01. The third-order valence-corrected chi connectivity index (χ3v) is 7.67. The quantitative estimate of drug-likeness (QED) is 0.524. The monoisotopic (exact) mass is 505 g/mol. The Morgan fingerprint density at radius 1 is 1.17 bits per heavy atom. The van der Waals surface area contributed by atoms with E-state index in [1.165, 1.54) is 0 Å². The van der Waals surface area contributed by atoms with Crippen molar-refractivity contribution in [3.05, 3.63) is 52.6 Å². The number of anilines is 1. The van der Waals surface area contributed by atoms with Gasteiger partial charge in [0.1, 0.15) is 28.2 Å². The third kappa shape index (κ3) is 4.86. The molecular weight excluding hydrogens is 478 g/mol. The molecule has 1 aromatic heterocycles. The number of benzene rings is 1. The standard InChI is InChI=1S/C25H27N7O3S/c1-2-16-17(12-26)23(31-8-10-32(11-9-31)25(34)20-19(28)14-35-20)30-24(18(16)13-27)36-21(22(29)33)15-6-4-3-5-7-15/h3-7,19-21H,2,8-11,14,28H2,1H3,(H2,29,33). The summed E-state index contributed by atoms with van der Waals surface area (Å²) in [5.41, 5.74) is 13.5. The Kier molecular flexibility index (Phi) is 7.75. The van der Waals surface area contributed by atoms with Crippen LogP contribution >= 0.6 is 11.8 Å².